The molecular formula is C20H26O. The van der Waals surface area contributed by atoms with E-state index in [4.69, 9.17) is 4.74 Å². The second-order valence-corrected chi connectivity index (χ2v) is 6.09. The van der Waals surface area contributed by atoms with Crippen LogP contribution in [-0.2, 0) is 6.61 Å². The first kappa shape index (κ1) is 15.6. The fourth-order valence-electron chi connectivity index (χ4n) is 2.82. The van der Waals surface area contributed by atoms with E-state index in [0.717, 1.165) is 5.75 Å². The second kappa shape index (κ2) is 5.93. The van der Waals surface area contributed by atoms with Gasteiger partial charge in [0.25, 0.3) is 0 Å². The molecule has 0 N–H and O–H groups in total. The molecule has 0 saturated carbocycles. The van der Waals surface area contributed by atoms with Crippen LogP contribution in [0.4, 0.5) is 0 Å². The molecule has 0 saturated heterocycles. The summed E-state index contributed by atoms with van der Waals surface area (Å²) in [6, 6.07) is 6.24. The number of hydrogen-bond donors (Lipinski definition) is 0. The number of rotatable bonds is 3. The van der Waals surface area contributed by atoms with E-state index in [-0.39, 0.29) is 0 Å². The van der Waals surface area contributed by atoms with E-state index < -0.39 is 0 Å². The van der Waals surface area contributed by atoms with E-state index in [2.05, 4.69) is 66.7 Å². The lowest BCUT2D eigenvalue weighted by Crippen LogP contribution is -2.07. The Morgan fingerprint density at radius 3 is 1.76 bits per heavy atom. The molecule has 2 rings (SSSR count). The molecule has 1 heteroatoms. The number of aryl methyl sites for hydroxylation is 1. The molecule has 0 atom stereocenters. The summed E-state index contributed by atoms with van der Waals surface area (Å²) in [5, 5.41) is 0. The largest absolute Gasteiger partial charge is 0.489 e. The highest BCUT2D eigenvalue weighted by Gasteiger charge is 2.13. The molecule has 0 unspecified atom stereocenters. The molecule has 0 aliphatic heterocycles. The summed E-state index contributed by atoms with van der Waals surface area (Å²) in [4.78, 5) is 0. The first-order valence-electron chi connectivity index (χ1n) is 7.59. The van der Waals surface area contributed by atoms with Crippen LogP contribution < -0.4 is 4.74 Å². The van der Waals surface area contributed by atoms with Gasteiger partial charge in [-0.1, -0.05) is 12.1 Å². The van der Waals surface area contributed by atoms with E-state index in [0.29, 0.717) is 6.61 Å². The van der Waals surface area contributed by atoms with Gasteiger partial charge in [0, 0.05) is 0 Å². The highest BCUT2D eigenvalue weighted by Crippen LogP contribution is 2.28. The summed E-state index contributed by atoms with van der Waals surface area (Å²) in [6.45, 7) is 15.9. The van der Waals surface area contributed by atoms with Crippen molar-refractivity contribution in [3.05, 3.63) is 62.7 Å². The van der Waals surface area contributed by atoms with E-state index in [1.807, 2.05) is 0 Å². The molecule has 2 aromatic rings. The molecule has 21 heavy (non-hydrogen) atoms. The fraction of sp³-hybridized carbons (Fsp3) is 0.400. The molecule has 1 nitrogen and oxygen atoms in total. The summed E-state index contributed by atoms with van der Waals surface area (Å²) in [5.41, 5.74) is 10.7. The normalized spacial score (nSPS) is 10.8. The van der Waals surface area contributed by atoms with Gasteiger partial charge in [0.2, 0.25) is 0 Å². The fourth-order valence-corrected chi connectivity index (χ4v) is 2.82. The Hall–Kier alpha value is -1.76. The topological polar surface area (TPSA) is 9.23 Å². The minimum absolute atomic E-state index is 0.643. The summed E-state index contributed by atoms with van der Waals surface area (Å²) in [6.07, 6.45) is 0. The summed E-state index contributed by atoms with van der Waals surface area (Å²) in [5.74, 6) is 0.990. The SMILES string of the molecule is Cc1cccc(OCc2c(C)c(C)c(C)c(C)c2C)c1C. The summed E-state index contributed by atoms with van der Waals surface area (Å²) in [7, 11) is 0. The van der Waals surface area contributed by atoms with Gasteiger partial charge < -0.3 is 4.74 Å². The van der Waals surface area contributed by atoms with Crippen LogP contribution in [0.5, 0.6) is 5.75 Å². The van der Waals surface area contributed by atoms with Crippen LogP contribution >= 0.6 is 0 Å². The van der Waals surface area contributed by atoms with Crippen molar-refractivity contribution in [2.45, 2.75) is 55.1 Å². The minimum atomic E-state index is 0.643. The average molecular weight is 282 g/mol. The number of hydrogen-bond acceptors (Lipinski definition) is 1. The molecule has 0 aliphatic rings. The maximum absolute atomic E-state index is 6.12. The predicted molar refractivity (Wildman–Crippen MR) is 90.4 cm³/mol. The Kier molecular flexibility index (Phi) is 4.41. The highest BCUT2D eigenvalue weighted by molar-refractivity contribution is 5.49. The van der Waals surface area contributed by atoms with Gasteiger partial charge in [-0.15, -0.1) is 0 Å². The van der Waals surface area contributed by atoms with Crippen molar-refractivity contribution in [2.24, 2.45) is 0 Å². The van der Waals surface area contributed by atoms with E-state index in [9.17, 15) is 0 Å². The van der Waals surface area contributed by atoms with Gasteiger partial charge in [-0.25, -0.2) is 0 Å². The summed E-state index contributed by atoms with van der Waals surface area (Å²) >= 11 is 0. The van der Waals surface area contributed by atoms with Crippen LogP contribution in [0.1, 0.15) is 44.5 Å². The molecule has 0 aliphatic carbocycles. The molecule has 0 amide bonds. The van der Waals surface area contributed by atoms with Crippen molar-refractivity contribution in [1.29, 1.82) is 0 Å². The van der Waals surface area contributed by atoms with Crippen molar-refractivity contribution in [3.8, 4) is 5.75 Å². The van der Waals surface area contributed by atoms with Crippen LogP contribution in [0.25, 0.3) is 0 Å². The minimum Gasteiger partial charge on any atom is -0.489 e. The summed E-state index contributed by atoms with van der Waals surface area (Å²) < 4.78 is 6.12. The third-order valence-electron chi connectivity index (χ3n) is 5.08. The maximum atomic E-state index is 6.12. The van der Waals surface area contributed by atoms with Crippen LogP contribution in [0.15, 0.2) is 18.2 Å². The highest BCUT2D eigenvalue weighted by atomic mass is 16.5. The zero-order chi connectivity index (χ0) is 15.7. The Labute approximate surface area is 129 Å². The van der Waals surface area contributed by atoms with Crippen molar-refractivity contribution >= 4 is 0 Å². The molecule has 0 aromatic heterocycles. The van der Waals surface area contributed by atoms with Gasteiger partial charge in [-0.2, -0.15) is 0 Å². The Bertz CT molecular complexity index is 652. The lowest BCUT2D eigenvalue weighted by atomic mass is 9.90. The van der Waals surface area contributed by atoms with Gasteiger partial charge in [0.15, 0.2) is 0 Å². The smallest absolute Gasteiger partial charge is 0.122 e. The standard InChI is InChI=1S/C20H26O/c1-12-9-8-10-20(13(12)2)21-11-19-17(6)15(4)14(3)16(5)18(19)7/h8-10H,11H2,1-7H3. The maximum Gasteiger partial charge on any atom is 0.122 e. The van der Waals surface area contributed by atoms with Gasteiger partial charge >= 0.3 is 0 Å². The Morgan fingerprint density at radius 2 is 1.19 bits per heavy atom. The quantitative estimate of drug-likeness (QED) is 0.730. The van der Waals surface area contributed by atoms with E-state index in [1.165, 1.54) is 44.5 Å². The van der Waals surface area contributed by atoms with Crippen molar-refractivity contribution in [2.75, 3.05) is 0 Å². The molecule has 0 bridgehead atoms. The number of benzene rings is 2. The molecule has 112 valence electrons. The van der Waals surface area contributed by atoms with Crippen LogP contribution in [0, 0.1) is 48.5 Å². The third kappa shape index (κ3) is 2.83. The number of ether oxygens (including phenoxy) is 1. The van der Waals surface area contributed by atoms with Crippen molar-refractivity contribution in [1.82, 2.24) is 0 Å². The zero-order valence-electron chi connectivity index (χ0n) is 14.3. The Balaban J connectivity index is 2.35. The predicted octanol–water partition coefficient (Wildman–Crippen LogP) is 5.42. The third-order valence-corrected chi connectivity index (χ3v) is 5.08. The molecule has 2 aromatic carbocycles. The van der Waals surface area contributed by atoms with Crippen molar-refractivity contribution in [3.63, 3.8) is 0 Å². The monoisotopic (exact) mass is 282 g/mol. The van der Waals surface area contributed by atoms with Crippen LogP contribution in [0.3, 0.4) is 0 Å². The van der Waals surface area contributed by atoms with Crippen LogP contribution in [-0.4, -0.2) is 0 Å². The van der Waals surface area contributed by atoms with Crippen LogP contribution in [0.2, 0.25) is 0 Å². The first-order chi connectivity index (χ1) is 9.84. The van der Waals surface area contributed by atoms with Gasteiger partial charge in [-0.05, 0) is 99.0 Å². The lowest BCUT2D eigenvalue weighted by Gasteiger charge is -2.19. The van der Waals surface area contributed by atoms with Gasteiger partial charge in [0.05, 0.1) is 0 Å². The lowest BCUT2D eigenvalue weighted by molar-refractivity contribution is 0.302. The Morgan fingerprint density at radius 1 is 0.667 bits per heavy atom. The first-order valence-corrected chi connectivity index (χ1v) is 7.59. The van der Waals surface area contributed by atoms with Crippen molar-refractivity contribution < 1.29 is 4.74 Å². The van der Waals surface area contributed by atoms with Gasteiger partial charge in [0.1, 0.15) is 12.4 Å². The average Bonchev–Trinajstić information content (AvgIpc) is 2.47. The molecule has 0 fully saturated rings. The second-order valence-electron chi connectivity index (χ2n) is 6.09. The molecule has 0 heterocycles. The van der Waals surface area contributed by atoms with E-state index in [1.54, 1.807) is 0 Å². The van der Waals surface area contributed by atoms with Gasteiger partial charge in [-0.3, -0.25) is 0 Å². The zero-order valence-corrected chi connectivity index (χ0v) is 14.3. The van der Waals surface area contributed by atoms with E-state index >= 15 is 0 Å². The molecule has 0 spiro atoms. The molecule has 0 radical (unpaired) electrons. The molecular weight excluding hydrogens is 256 g/mol.